The molecule has 6 heteroatoms. The van der Waals surface area contributed by atoms with Gasteiger partial charge in [-0.3, -0.25) is 4.98 Å². The number of nitrogens with zero attached hydrogens (tertiary/aromatic N) is 4. The summed E-state index contributed by atoms with van der Waals surface area (Å²) in [6.07, 6.45) is 1.68. The van der Waals surface area contributed by atoms with Gasteiger partial charge in [-0.1, -0.05) is 39.0 Å². The normalized spacial score (nSPS) is 11.6. The Labute approximate surface area is 137 Å². The maximum atomic E-state index is 5.80. The first kappa shape index (κ1) is 14.8. The molecule has 0 bridgehead atoms. The lowest BCUT2D eigenvalue weighted by atomic mass is 9.90. The van der Waals surface area contributed by atoms with Crippen LogP contribution in [0, 0.1) is 0 Å². The van der Waals surface area contributed by atoms with Crippen LogP contribution in [-0.2, 0) is 5.41 Å². The van der Waals surface area contributed by atoms with Crippen molar-refractivity contribution in [2.75, 3.05) is 0 Å². The van der Waals surface area contributed by atoms with E-state index in [4.69, 9.17) is 4.42 Å². The summed E-state index contributed by atoms with van der Waals surface area (Å²) in [6.45, 7) is 6.22. The van der Waals surface area contributed by atoms with E-state index in [2.05, 4.69) is 56.9 Å². The van der Waals surface area contributed by atoms with E-state index in [1.165, 1.54) is 0 Å². The van der Waals surface area contributed by atoms with Gasteiger partial charge in [-0.2, -0.15) is 0 Å². The van der Waals surface area contributed by atoms with Crippen molar-refractivity contribution in [3.63, 3.8) is 0 Å². The first-order valence-corrected chi connectivity index (χ1v) is 7.67. The molecular formula is C16H15BrN4O. The highest BCUT2D eigenvalue weighted by molar-refractivity contribution is 9.10. The Bertz CT molecular complexity index is 793. The minimum Gasteiger partial charge on any atom is -0.415 e. The van der Waals surface area contributed by atoms with Crippen LogP contribution in [0.3, 0.4) is 0 Å². The van der Waals surface area contributed by atoms with E-state index in [9.17, 15) is 0 Å². The highest BCUT2D eigenvalue weighted by atomic mass is 79.9. The highest BCUT2D eigenvalue weighted by Gasteiger charge is 2.25. The Hall–Kier alpha value is -2.08. The summed E-state index contributed by atoms with van der Waals surface area (Å²) in [5, 5.41) is 8.25. The lowest BCUT2D eigenvalue weighted by Crippen LogP contribution is -2.16. The quantitative estimate of drug-likeness (QED) is 0.684. The molecule has 0 atom stereocenters. The van der Waals surface area contributed by atoms with E-state index in [0.717, 1.165) is 11.3 Å². The SMILES string of the molecule is CC(C)(C)c1ncc(Br)nc1-c1nnc(-c2ccccc2)o1. The minimum atomic E-state index is -0.176. The summed E-state index contributed by atoms with van der Waals surface area (Å²) in [5.41, 5.74) is 2.13. The van der Waals surface area contributed by atoms with Gasteiger partial charge in [-0.15, -0.1) is 10.2 Å². The van der Waals surface area contributed by atoms with Crippen LogP contribution in [0.5, 0.6) is 0 Å². The molecule has 0 unspecified atom stereocenters. The van der Waals surface area contributed by atoms with Crippen LogP contribution < -0.4 is 0 Å². The molecule has 0 spiro atoms. The van der Waals surface area contributed by atoms with Crippen molar-refractivity contribution < 1.29 is 4.42 Å². The van der Waals surface area contributed by atoms with Crippen molar-refractivity contribution in [2.45, 2.75) is 26.2 Å². The average molecular weight is 359 g/mol. The minimum absolute atomic E-state index is 0.176. The van der Waals surface area contributed by atoms with Crippen LogP contribution in [0.1, 0.15) is 26.5 Å². The van der Waals surface area contributed by atoms with Gasteiger partial charge in [0.15, 0.2) is 5.69 Å². The van der Waals surface area contributed by atoms with Crippen LogP contribution >= 0.6 is 15.9 Å². The summed E-state index contributed by atoms with van der Waals surface area (Å²) >= 11 is 3.35. The zero-order chi connectivity index (χ0) is 15.7. The maximum absolute atomic E-state index is 5.80. The molecule has 1 aromatic carbocycles. The first-order valence-electron chi connectivity index (χ1n) is 6.87. The topological polar surface area (TPSA) is 64.7 Å². The zero-order valence-corrected chi connectivity index (χ0v) is 14.1. The number of rotatable bonds is 2. The predicted molar refractivity (Wildman–Crippen MR) is 87.2 cm³/mol. The van der Waals surface area contributed by atoms with E-state index in [1.54, 1.807) is 6.20 Å². The average Bonchev–Trinajstić information content (AvgIpc) is 2.96. The summed E-state index contributed by atoms with van der Waals surface area (Å²) in [7, 11) is 0. The Morgan fingerprint density at radius 3 is 2.36 bits per heavy atom. The standard InChI is InChI=1S/C16H15BrN4O/c1-16(2,3)13-12(19-11(17)9-18-13)15-21-20-14(22-15)10-7-5-4-6-8-10/h4-9H,1-3H3. The largest absolute Gasteiger partial charge is 0.415 e. The molecule has 0 radical (unpaired) electrons. The van der Waals surface area contributed by atoms with Gasteiger partial charge in [0.1, 0.15) is 4.60 Å². The Balaban J connectivity index is 2.09. The summed E-state index contributed by atoms with van der Waals surface area (Å²) in [5.74, 6) is 0.842. The van der Waals surface area contributed by atoms with Crippen LogP contribution in [0.15, 0.2) is 45.5 Å². The van der Waals surface area contributed by atoms with Gasteiger partial charge < -0.3 is 4.42 Å². The molecule has 5 nitrogen and oxygen atoms in total. The van der Waals surface area contributed by atoms with Crippen molar-refractivity contribution in [2.24, 2.45) is 0 Å². The summed E-state index contributed by atoms with van der Waals surface area (Å²) in [4.78, 5) is 8.95. The third-order valence-electron chi connectivity index (χ3n) is 3.10. The fourth-order valence-electron chi connectivity index (χ4n) is 2.08. The lowest BCUT2D eigenvalue weighted by molar-refractivity contribution is 0.548. The number of benzene rings is 1. The van der Waals surface area contributed by atoms with Crippen LogP contribution in [-0.4, -0.2) is 20.2 Å². The van der Waals surface area contributed by atoms with Gasteiger partial charge in [0.2, 0.25) is 5.89 Å². The van der Waals surface area contributed by atoms with Crippen molar-refractivity contribution in [1.29, 1.82) is 0 Å². The summed E-state index contributed by atoms with van der Waals surface area (Å²) in [6, 6.07) is 9.65. The predicted octanol–water partition coefficient (Wildman–Crippen LogP) is 4.25. The van der Waals surface area contributed by atoms with Gasteiger partial charge in [-0.05, 0) is 28.1 Å². The second-order valence-electron chi connectivity index (χ2n) is 5.92. The molecule has 0 aliphatic heterocycles. The van der Waals surface area contributed by atoms with E-state index in [1.807, 2.05) is 30.3 Å². The Kier molecular flexibility index (Phi) is 3.78. The van der Waals surface area contributed by atoms with Gasteiger partial charge in [0.25, 0.3) is 5.89 Å². The van der Waals surface area contributed by atoms with Crippen molar-refractivity contribution in [1.82, 2.24) is 20.2 Å². The van der Waals surface area contributed by atoms with Gasteiger partial charge in [0, 0.05) is 11.0 Å². The molecule has 2 heterocycles. The van der Waals surface area contributed by atoms with Gasteiger partial charge >= 0.3 is 0 Å². The van der Waals surface area contributed by atoms with Crippen molar-refractivity contribution >= 4 is 15.9 Å². The molecule has 0 aliphatic rings. The third-order valence-corrected chi connectivity index (χ3v) is 3.48. The maximum Gasteiger partial charge on any atom is 0.268 e. The zero-order valence-electron chi connectivity index (χ0n) is 12.5. The molecular weight excluding hydrogens is 344 g/mol. The molecule has 0 N–H and O–H groups in total. The summed E-state index contributed by atoms with van der Waals surface area (Å²) < 4.78 is 6.44. The monoisotopic (exact) mass is 358 g/mol. The number of hydrogen-bond acceptors (Lipinski definition) is 5. The van der Waals surface area contributed by atoms with E-state index >= 15 is 0 Å². The Morgan fingerprint density at radius 2 is 1.68 bits per heavy atom. The number of halogens is 1. The molecule has 2 aromatic heterocycles. The fraction of sp³-hybridized carbons (Fsp3) is 0.250. The van der Waals surface area contributed by atoms with Crippen LogP contribution in [0.2, 0.25) is 0 Å². The molecule has 22 heavy (non-hydrogen) atoms. The van der Waals surface area contributed by atoms with Crippen molar-refractivity contribution in [3.05, 3.63) is 46.8 Å². The number of hydrogen-bond donors (Lipinski definition) is 0. The molecule has 0 fully saturated rings. The van der Waals surface area contributed by atoms with Gasteiger partial charge in [-0.25, -0.2) is 4.98 Å². The molecule has 0 saturated carbocycles. The third kappa shape index (κ3) is 2.92. The first-order chi connectivity index (χ1) is 10.4. The lowest BCUT2D eigenvalue weighted by Gasteiger charge is -2.19. The molecule has 3 rings (SSSR count). The van der Waals surface area contributed by atoms with Crippen LogP contribution in [0.25, 0.3) is 23.0 Å². The van der Waals surface area contributed by atoms with E-state index in [-0.39, 0.29) is 5.41 Å². The molecule has 0 amide bonds. The second kappa shape index (κ2) is 5.61. The molecule has 112 valence electrons. The second-order valence-corrected chi connectivity index (χ2v) is 6.73. The highest BCUT2D eigenvalue weighted by Crippen LogP contribution is 2.31. The molecule has 0 aliphatic carbocycles. The van der Waals surface area contributed by atoms with Gasteiger partial charge in [0.05, 0.1) is 11.9 Å². The van der Waals surface area contributed by atoms with Crippen LogP contribution in [0.4, 0.5) is 0 Å². The Morgan fingerprint density at radius 1 is 1.00 bits per heavy atom. The number of aromatic nitrogens is 4. The van der Waals surface area contributed by atoms with E-state index in [0.29, 0.717) is 22.1 Å². The smallest absolute Gasteiger partial charge is 0.268 e. The molecule has 0 saturated heterocycles. The fourth-order valence-corrected chi connectivity index (χ4v) is 2.36. The van der Waals surface area contributed by atoms with E-state index < -0.39 is 0 Å². The van der Waals surface area contributed by atoms with Crippen molar-refractivity contribution in [3.8, 4) is 23.0 Å². The molecule has 3 aromatic rings.